The molecule has 0 unspecified atom stereocenters. The van der Waals surface area contributed by atoms with Gasteiger partial charge in [-0.3, -0.25) is 11.7 Å². The quantitative estimate of drug-likeness (QED) is 0.175. The summed E-state index contributed by atoms with van der Waals surface area (Å²) in [5.41, 5.74) is 1.75. The number of rotatable bonds is 0. The smallest absolute Gasteiger partial charge is 0.00264 e. The molecule has 5 N–H and O–H groups in total. The number of hydrazine groups is 2. The van der Waals surface area contributed by atoms with Crippen molar-refractivity contribution in [2.75, 3.05) is 0 Å². The number of hydrogen-bond donors (Lipinski definition) is 3. The zero-order chi connectivity index (χ0) is 15.8. The zero-order valence-corrected chi connectivity index (χ0v) is 12.6. The Kier molecular flexibility index (Phi) is 3.32. The first kappa shape index (κ1) is 13.9. The van der Waals surface area contributed by atoms with Crippen LogP contribution in [0.5, 0.6) is 0 Å². The molecular weight excluding hydrogens is 282 g/mol. The van der Waals surface area contributed by atoms with Gasteiger partial charge in [0.2, 0.25) is 0 Å². The van der Waals surface area contributed by atoms with Crippen LogP contribution in [0.4, 0.5) is 0 Å². The third-order valence-corrected chi connectivity index (χ3v) is 4.39. The van der Waals surface area contributed by atoms with Gasteiger partial charge in [-0.05, 0) is 43.1 Å². The predicted octanol–water partition coefficient (Wildman–Crippen LogP) is 4.06. The average Bonchev–Trinajstić information content (AvgIpc) is 2.60. The van der Waals surface area contributed by atoms with Crippen molar-refractivity contribution >= 4 is 43.1 Å². The van der Waals surface area contributed by atoms with E-state index < -0.39 is 0 Å². The lowest BCUT2D eigenvalue weighted by Crippen LogP contribution is -2.29. The third kappa shape index (κ3) is 2.03. The Labute approximate surface area is 133 Å². The highest BCUT2D eigenvalue weighted by Crippen LogP contribution is 2.39. The molecule has 0 bridgehead atoms. The molecule has 0 aliphatic carbocycles. The van der Waals surface area contributed by atoms with Crippen LogP contribution in [0.25, 0.3) is 43.1 Å². The zero-order valence-electron chi connectivity index (χ0n) is 12.6. The summed E-state index contributed by atoms with van der Waals surface area (Å²) in [7, 11) is 0. The Balaban J connectivity index is 0.000000421. The Morgan fingerprint density at radius 2 is 0.739 bits per heavy atom. The van der Waals surface area contributed by atoms with E-state index in [1.54, 1.807) is 5.53 Å². The van der Waals surface area contributed by atoms with E-state index in [0.717, 1.165) is 0 Å². The van der Waals surface area contributed by atoms with Crippen molar-refractivity contribution < 1.29 is 0 Å². The molecule has 0 aliphatic rings. The molecule has 0 amide bonds. The fraction of sp³-hybridized carbons (Fsp3) is 0. The van der Waals surface area contributed by atoms with Gasteiger partial charge in [0, 0.05) is 0 Å². The Morgan fingerprint density at radius 3 is 1.00 bits per heavy atom. The predicted molar refractivity (Wildman–Crippen MR) is 99.2 cm³/mol. The van der Waals surface area contributed by atoms with Gasteiger partial charge in [0.25, 0.3) is 0 Å². The number of hydrogen-bond acceptors (Lipinski definition) is 3. The van der Waals surface area contributed by atoms with Crippen LogP contribution < -0.4 is 17.2 Å². The molecule has 0 saturated heterocycles. The Bertz CT molecular complexity index is 946. The summed E-state index contributed by atoms with van der Waals surface area (Å²) in [5, 5.41) is 10.9. The maximum atomic E-state index is 4.38. The maximum Gasteiger partial charge on any atom is -0.00264 e. The molecule has 23 heavy (non-hydrogen) atoms. The van der Waals surface area contributed by atoms with Crippen LogP contribution in [-0.2, 0) is 0 Å². The molecule has 0 saturated carbocycles. The molecule has 3 nitrogen and oxygen atoms in total. The second-order valence-electron chi connectivity index (χ2n) is 5.59. The minimum Gasteiger partial charge on any atom is -0.258 e. The molecule has 0 aromatic heterocycles. The van der Waals surface area contributed by atoms with E-state index in [9.17, 15) is 0 Å². The van der Waals surface area contributed by atoms with Crippen LogP contribution in [-0.4, -0.2) is 0 Å². The van der Waals surface area contributed by atoms with E-state index in [-0.39, 0.29) is 0 Å². The molecule has 0 aliphatic heterocycles. The first-order valence-electron chi connectivity index (χ1n) is 7.55. The molecule has 0 fully saturated rings. The van der Waals surface area contributed by atoms with Gasteiger partial charge in [0.1, 0.15) is 0 Å². The highest BCUT2D eigenvalue weighted by molar-refractivity contribution is 6.32. The van der Waals surface area contributed by atoms with Gasteiger partial charge < -0.3 is 0 Å². The minimum atomic E-state index is 1.33. The van der Waals surface area contributed by atoms with Gasteiger partial charge in [0.15, 0.2) is 0 Å². The van der Waals surface area contributed by atoms with Gasteiger partial charge >= 0.3 is 0 Å². The number of fused-ring (bicyclic) bond motifs is 2. The first-order chi connectivity index (χ1) is 11.3. The summed E-state index contributed by atoms with van der Waals surface area (Å²) in [6.45, 7) is 0. The second kappa shape index (κ2) is 5.48. The van der Waals surface area contributed by atoms with Gasteiger partial charge in [-0.25, -0.2) is 0 Å². The third-order valence-electron chi connectivity index (χ3n) is 4.39. The molecule has 5 aromatic carbocycles. The fourth-order valence-electron chi connectivity index (χ4n) is 3.58. The average molecular weight is 299 g/mol. The van der Waals surface area contributed by atoms with Crippen molar-refractivity contribution in [3.05, 3.63) is 72.8 Å². The van der Waals surface area contributed by atoms with Crippen LogP contribution >= 0.6 is 0 Å². The summed E-state index contributed by atoms with van der Waals surface area (Å²) in [5.74, 6) is 8.75. The number of nitrogens with two attached hydrogens (primary N) is 2. The normalized spacial score (nSPS) is 11.2. The Morgan fingerprint density at radius 1 is 0.478 bits per heavy atom. The van der Waals surface area contributed by atoms with Crippen LogP contribution in [0.1, 0.15) is 0 Å². The lowest BCUT2D eigenvalue weighted by atomic mass is 9.90. The van der Waals surface area contributed by atoms with E-state index in [0.29, 0.717) is 0 Å². The van der Waals surface area contributed by atoms with Crippen LogP contribution in [0.2, 0.25) is 0 Å². The minimum absolute atomic E-state index is 1.33. The van der Waals surface area contributed by atoms with Crippen LogP contribution in [0, 0.1) is 0 Å². The van der Waals surface area contributed by atoms with Crippen molar-refractivity contribution in [1.82, 2.24) is 5.53 Å². The SMILES string of the molecule is NNN.c1cc2cccc3c4cccc5cccc(c(c1)c23)c54. The first-order valence-corrected chi connectivity index (χ1v) is 7.55. The summed E-state index contributed by atoms with van der Waals surface area (Å²) in [4.78, 5) is 0. The molecule has 0 spiro atoms. The van der Waals surface area contributed by atoms with E-state index in [1.165, 1.54) is 43.1 Å². The number of nitrogens with one attached hydrogen (secondary N) is 1. The Hall–Kier alpha value is -2.72. The lowest BCUT2D eigenvalue weighted by Gasteiger charge is -2.13. The van der Waals surface area contributed by atoms with E-state index >= 15 is 0 Å². The molecule has 0 radical (unpaired) electrons. The van der Waals surface area contributed by atoms with Crippen molar-refractivity contribution in [2.45, 2.75) is 0 Å². The van der Waals surface area contributed by atoms with Gasteiger partial charge in [-0.15, -0.1) is 0 Å². The van der Waals surface area contributed by atoms with Crippen LogP contribution in [0.3, 0.4) is 0 Å². The van der Waals surface area contributed by atoms with Gasteiger partial charge in [-0.1, -0.05) is 72.8 Å². The van der Waals surface area contributed by atoms with Crippen molar-refractivity contribution in [3.63, 3.8) is 0 Å². The lowest BCUT2D eigenvalue weighted by molar-refractivity contribution is 0.803. The fourth-order valence-corrected chi connectivity index (χ4v) is 3.58. The van der Waals surface area contributed by atoms with E-state index in [1.807, 2.05) is 0 Å². The van der Waals surface area contributed by atoms with Crippen molar-refractivity contribution in [1.29, 1.82) is 0 Å². The maximum absolute atomic E-state index is 4.38. The van der Waals surface area contributed by atoms with Crippen LogP contribution in [0.15, 0.2) is 72.8 Å². The topological polar surface area (TPSA) is 64.1 Å². The van der Waals surface area contributed by atoms with Gasteiger partial charge in [-0.2, -0.15) is 5.53 Å². The molecule has 5 rings (SSSR count). The van der Waals surface area contributed by atoms with Crippen molar-refractivity contribution in [3.8, 4) is 0 Å². The molecule has 0 heterocycles. The molecule has 5 aromatic rings. The summed E-state index contributed by atoms with van der Waals surface area (Å²) in [6.07, 6.45) is 0. The molecule has 112 valence electrons. The highest BCUT2D eigenvalue weighted by atomic mass is 15.4. The second-order valence-corrected chi connectivity index (χ2v) is 5.59. The number of benzene rings is 5. The van der Waals surface area contributed by atoms with Gasteiger partial charge in [0.05, 0.1) is 0 Å². The highest BCUT2D eigenvalue weighted by Gasteiger charge is 2.11. The largest absolute Gasteiger partial charge is 0.258 e. The standard InChI is InChI=1S/C20H12.H5N3/c1-5-13-6-2-11-17-18-12-4-8-14-7-3-10-16(20(14)18)15(9-1)19(13)17;1-3-2/h1-12H;3H,1-2H2. The summed E-state index contributed by atoms with van der Waals surface area (Å²) in [6, 6.07) is 26.4. The summed E-state index contributed by atoms with van der Waals surface area (Å²) < 4.78 is 0. The molecule has 3 heteroatoms. The molecular formula is C20H17N3. The van der Waals surface area contributed by atoms with Crippen molar-refractivity contribution in [2.24, 2.45) is 11.7 Å². The van der Waals surface area contributed by atoms with E-state index in [2.05, 4.69) is 84.5 Å². The molecule has 0 atom stereocenters. The van der Waals surface area contributed by atoms with E-state index in [4.69, 9.17) is 0 Å². The monoisotopic (exact) mass is 299 g/mol. The summed E-state index contributed by atoms with van der Waals surface area (Å²) >= 11 is 0.